The molecule has 4 rings (SSSR count). The lowest BCUT2D eigenvalue weighted by molar-refractivity contribution is 0.0727. The highest BCUT2D eigenvalue weighted by Gasteiger charge is 2.36. The van der Waals surface area contributed by atoms with Crippen molar-refractivity contribution in [3.8, 4) is 5.88 Å². The van der Waals surface area contributed by atoms with E-state index < -0.39 is 0 Å². The van der Waals surface area contributed by atoms with E-state index >= 15 is 0 Å². The molecular formula is C17H23N5O2. The number of aryl methyl sites for hydroxylation is 3. The van der Waals surface area contributed by atoms with E-state index in [1.165, 1.54) is 0 Å². The number of carbonyl (C=O) groups excluding carboxylic acids is 1. The molecule has 4 heterocycles. The van der Waals surface area contributed by atoms with E-state index in [1.807, 2.05) is 30.4 Å². The molecule has 1 N–H and O–H groups in total. The summed E-state index contributed by atoms with van der Waals surface area (Å²) >= 11 is 0. The second kappa shape index (κ2) is 5.65. The quantitative estimate of drug-likeness (QED) is 0.917. The van der Waals surface area contributed by atoms with Crippen LogP contribution in [-0.2, 0) is 6.54 Å². The maximum atomic E-state index is 13.2. The van der Waals surface area contributed by atoms with Crippen molar-refractivity contribution in [2.24, 2.45) is 0 Å². The summed E-state index contributed by atoms with van der Waals surface area (Å²) in [6, 6.07) is 0.0790. The number of aromatic amines is 1. The third-order valence-corrected chi connectivity index (χ3v) is 5.12. The predicted octanol–water partition coefficient (Wildman–Crippen LogP) is 2.29. The third-order valence-electron chi connectivity index (χ3n) is 5.12. The van der Waals surface area contributed by atoms with Crippen LogP contribution in [0.4, 0.5) is 0 Å². The standard InChI is InChI=1S/C17H23N5O2/c1-10-15(20-22-8-5-9-24-17(10)22)16(23)21-7-4-6-13(21)14-11(2)18-19-12(14)3/h13H,4-9H2,1-3H3,(H,18,19). The van der Waals surface area contributed by atoms with Gasteiger partial charge < -0.3 is 9.64 Å². The Balaban J connectivity index is 1.68. The second-order valence-electron chi connectivity index (χ2n) is 6.71. The first-order valence-corrected chi connectivity index (χ1v) is 8.60. The number of nitrogens with zero attached hydrogens (tertiary/aromatic N) is 4. The molecule has 24 heavy (non-hydrogen) atoms. The van der Waals surface area contributed by atoms with Gasteiger partial charge in [0.25, 0.3) is 5.91 Å². The van der Waals surface area contributed by atoms with E-state index in [0.717, 1.165) is 60.7 Å². The van der Waals surface area contributed by atoms with Crippen molar-refractivity contribution in [1.82, 2.24) is 24.9 Å². The molecule has 0 aliphatic carbocycles. The Morgan fingerprint density at radius 2 is 2.08 bits per heavy atom. The Bertz CT molecular complexity index is 772. The van der Waals surface area contributed by atoms with E-state index in [1.54, 1.807) is 0 Å². The van der Waals surface area contributed by atoms with E-state index in [-0.39, 0.29) is 11.9 Å². The van der Waals surface area contributed by atoms with Gasteiger partial charge >= 0.3 is 0 Å². The van der Waals surface area contributed by atoms with Crippen LogP contribution in [0, 0.1) is 20.8 Å². The number of rotatable bonds is 2. The summed E-state index contributed by atoms with van der Waals surface area (Å²) in [4.78, 5) is 15.1. The molecular weight excluding hydrogens is 306 g/mol. The fourth-order valence-corrected chi connectivity index (χ4v) is 3.95. The number of fused-ring (bicyclic) bond motifs is 1. The highest BCUT2D eigenvalue weighted by Crippen LogP contribution is 2.37. The average Bonchev–Trinajstić information content (AvgIpc) is 3.26. The van der Waals surface area contributed by atoms with Crippen molar-refractivity contribution in [2.75, 3.05) is 13.2 Å². The van der Waals surface area contributed by atoms with Gasteiger partial charge in [-0.15, -0.1) is 0 Å². The first-order valence-electron chi connectivity index (χ1n) is 8.60. The number of likely N-dealkylation sites (tertiary alicyclic amines) is 1. The van der Waals surface area contributed by atoms with Crippen molar-refractivity contribution in [3.63, 3.8) is 0 Å². The van der Waals surface area contributed by atoms with Crippen LogP contribution in [0.25, 0.3) is 0 Å². The van der Waals surface area contributed by atoms with Crippen LogP contribution in [-0.4, -0.2) is 43.9 Å². The second-order valence-corrected chi connectivity index (χ2v) is 6.71. The number of carbonyl (C=O) groups is 1. The topological polar surface area (TPSA) is 76.0 Å². The van der Waals surface area contributed by atoms with Gasteiger partial charge in [0.2, 0.25) is 5.88 Å². The number of hydrogen-bond acceptors (Lipinski definition) is 4. The fraction of sp³-hybridized carbons (Fsp3) is 0.588. The Morgan fingerprint density at radius 3 is 2.79 bits per heavy atom. The molecule has 1 saturated heterocycles. The van der Waals surface area contributed by atoms with Crippen molar-refractivity contribution in [3.05, 3.63) is 28.2 Å². The molecule has 2 aromatic rings. The lowest BCUT2D eigenvalue weighted by atomic mass is 10.0. The van der Waals surface area contributed by atoms with Gasteiger partial charge in [-0.3, -0.25) is 9.89 Å². The molecule has 0 spiro atoms. The first-order chi connectivity index (χ1) is 11.6. The van der Waals surface area contributed by atoms with E-state index in [4.69, 9.17) is 4.74 Å². The lowest BCUT2D eigenvalue weighted by Crippen LogP contribution is -2.32. The fourth-order valence-electron chi connectivity index (χ4n) is 3.95. The van der Waals surface area contributed by atoms with Gasteiger partial charge in [0, 0.05) is 36.3 Å². The number of nitrogens with one attached hydrogen (secondary N) is 1. The van der Waals surface area contributed by atoms with Gasteiger partial charge in [0.15, 0.2) is 5.69 Å². The van der Waals surface area contributed by atoms with Gasteiger partial charge in [-0.25, -0.2) is 4.68 Å². The number of ether oxygens (including phenoxy) is 1. The largest absolute Gasteiger partial charge is 0.478 e. The average molecular weight is 329 g/mol. The molecule has 7 heteroatoms. The van der Waals surface area contributed by atoms with Gasteiger partial charge in [0.05, 0.1) is 18.3 Å². The summed E-state index contributed by atoms with van der Waals surface area (Å²) < 4.78 is 7.52. The van der Waals surface area contributed by atoms with Gasteiger partial charge in [-0.2, -0.15) is 10.2 Å². The summed E-state index contributed by atoms with van der Waals surface area (Å²) in [5.74, 6) is 0.747. The molecule has 0 radical (unpaired) electrons. The molecule has 1 atom stereocenters. The summed E-state index contributed by atoms with van der Waals surface area (Å²) in [6.07, 6.45) is 2.90. The highest BCUT2D eigenvalue weighted by molar-refractivity contribution is 5.94. The highest BCUT2D eigenvalue weighted by atomic mass is 16.5. The molecule has 0 bridgehead atoms. The molecule has 1 fully saturated rings. The summed E-state index contributed by atoms with van der Waals surface area (Å²) in [6.45, 7) is 8.21. The SMILES string of the molecule is Cc1n[nH]c(C)c1C1CCCN1C(=O)c1nn2c(c1C)OCCC2. The van der Waals surface area contributed by atoms with Crippen molar-refractivity contribution in [2.45, 2.75) is 52.6 Å². The minimum absolute atomic E-state index is 0.000463. The van der Waals surface area contributed by atoms with Crippen LogP contribution in [0.3, 0.4) is 0 Å². The van der Waals surface area contributed by atoms with Crippen LogP contribution in [0.5, 0.6) is 5.88 Å². The summed E-state index contributed by atoms with van der Waals surface area (Å²) in [5, 5.41) is 11.9. The number of amides is 1. The van der Waals surface area contributed by atoms with Crippen molar-refractivity contribution < 1.29 is 9.53 Å². The van der Waals surface area contributed by atoms with Gasteiger partial charge in [-0.05, 0) is 33.6 Å². The molecule has 1 unspecified atom stereocenters. The van der Waals surface area contributed by atoms with E-state index in [0.29, 0.717) is 12.3 Å². The number of hydrogen-bond donors (Lipinski definition) is 1. The zero-order valence-electron chi connectivity index (χ0n) is 14.4. The number of H-pyrrole nitrogens is 1. The van der Waals surface area contributed by atoms with Crippen molar-refractivity contribution in [1.29, 1.82) is 0 Å². The third kappa shape index (κ3) is 2.22. The lowest BCUT2D eigenvalue weighted by Gasteiger charge is -2.24. The molecule has 2 aliphatic rings. The normalized spacial score (nSPS) is 20.1. The molecule has 1 amide bonds. The molecule has 0 saturated carbocycles. The Morgan fingerprint density at radius 1 is 1.25 bits per heavy atom. The first kappa shape index (κ1) is 15.2. The van der Waals surface area contributed by atoms with Crippen LogP contribution < -0.4 is 4.74 Å². The maximum Gasteiger partial charge on any atom is 0.275 e. The van der Waals surface area contributed by atoms with Crippen LogP contribution >= 0.6 is 0 Å². The Kier molecular flexibility index (Phi) is 3.58. The summed E-state index contributed by atoms with van der Waals surface area (Å²) in [7, 11) is 0. The van der Waals surface area contributed by atoms with Crippen LogP contribution in [0.15, 0.2) is 0 Å². The molecule has 2 aliphatic heterocycles. The Labute approximate surface area is 141 Å². The zero-order valence-corrected chi connectivity index (χ0v) is 14.4. The van der Waals surface area contributed by atoms with Crippen molar-refractivity contribution >= 4 is 5.91 Å². The minimum Gasteiger partial charge on any atom is -0.478 e. The van der Waals surface area contributed by atoms with Gasteiger partial charge in [0.1, 0.15) is 0 Å². The van der Waals surface area contributed by atoms with E-state index in [2.05, 4.69) is 15.3 Å². The Hall–Kier alpha value is -2.31. The summed E-state index contributed by atoms with van der Waals surface area (Å²) in [5.41, 5.74) is 4.55. The molecule has 2 aromatic heterocycles. The smallest absolute Gasteiger partial charge is 0.275 e. The maximum absolute atomic E-state index is 13.2. The van der Waals surface area contributed by atoms with Crippen LogP contribution in [0.2, 0.25) is 0 Å². The number of aromatic nitrogens is 4. The zero-order chi connectivity index (χ0) is 16.8. The van der Waals surface area contributed by atoms with Gasteiger partial charge in [-0.1, -0.05) is 0 Å². The minimum atomic E-state index is 0.000463. The van der Waals surface area contributed by atoms with Crippen LogP contribution in [0.1, 0.15) is 58.3 Å². The van der Waals surface area contributed by atoms with E-state index in [9.17, 15) is 4.79 Å². The molecule has 7 nitrogen and oxygen atoms in total. The molecule has 128 valence electrons. The predicted molar refractivity (Wildman–Crippen MR) is 88.1 cm³/mol. The molecule has 0 aromatic carbocycles. The monoisotopic (exact) mass is 329 g/mol.